The molecular formula is C21H21BrN4O2. The second kappa shape index (κ2) is 8.84. The minimum atomic E-state index is -0.183. The highest BCUT2D eigenvalue weighted by Gasteiger charge is 2.10. The second-order valence-corrected chi connectivity index (χ2v) is 7.66. The van der Waals surface area contributed by atoms with Crippen LogP contribution in [0.15, 0.2) is 59.1 Å². The highest BCUT2D eigenvalue weighted by atomic mass is 79.9. The first-order valence-corrected chi connectivity index (χ1v) is 9.71. The molecule has 3 rings (SSSR count). The Bertz CT molecular complexity index is 963. The number of carbonyl (C=O) groups excluding carboxylic acids is 2. The molecule has 0 unspecified atom stereocenters. The van der Waals surface area contributed by atoms with E-state index in [2.05, 4.69) is 50.6 Å². The molecule has 28 heavy (non-hydrogen) atoms. The van der Waals surface area contributed by atoms with Crippen molar-refractivity contribution in [1.29, 1.82) is 0 Å². The number of halogens is 1. The minimum Gasteiger partial charge on any atom is -0.322 e. The Morgan fingerprint density at radius 2 is 1.71 bits per heavy atom. The molecule has 7 heteroatoms. The van der Waals surface area contributed by atoms with Gasteiger partial charge in [0.1, 0.15) is 0 Å². The molecule has 6 nitrogen and oxygen atoms in total. The van der Waals surface area contributed by atoms with Gasteiger partial charge in [0.25, 0.3) is 5.91 Å². The monoisotopic (exact) mass is 440 g/mol. The van der Waals surface area contributed by atoms with Gasteiger partial charge in [-0.25, -0.2) is 0 Å². The molecular weight excluding hydrogens is 420 g/mol. The zero-order chi connectivity index (χ0) is 20.1. The first-order valence-electron chi connectivity index (χ1n) is 8.92. The molecule has 0 saturated carbocycles. The van der Waals surface area contributed by atoms with Crippen molar-refractivity contribution in [3.05, 3.63) is 75.9 Å². The van der Waals surface area contributed by atoms with Crippen LogP contribution in [0.5, 0.6) is 0 Å². The lowest BCUT2D eigenvalue weighted by atomic mass is 10.1. The van der Waals surface area contributed by atoms with Crippen molar-refractivity contribution in [2.24, 2.45) is 0 Å². The van der Waals surface area contributed by atoms with Gasteiger partial charge in [0.05, 0.1) is 6.42 Å². The van der Waals surface area contributed by atoms with Crippen molar-refractivity contribution < 1.29 is 9.59 Å². The fourth-order valence-corrected chi connectivity index (χ4v) is 2.84. The molecule has 2 amide bonds. The Hall–Kier alpha value is -2.93. The lowest BCUT2D eigenvalue weighted by Gasteiger charge is -2.07. The number of hydrogen-bond donors (Lipinski definition) is 3. The average molecular weight is 441 g/mol. The molecule has 3 N–H and O–H groups in total. The predicted molar refractivity (Wildman–Crippen MR) is 114 cm³/mol. The van der Waals surface area contributed by atoms with E-state index in [1.165, 1.54) is 0 Å². The second-order valence-electron chi connectivity index (χ2n) is 6.75. The molecule has 0 fully saturated rings. The third-order valence-corrected chi connectivity index (χ3v) is 4.70. The van der Waals surface area contributed by atoms with Crippen molar-refractivity contribution >= 4 is 39.2 Å². The van der Waals surface area contributed by atoms with Crippen LogP contribution in [0.3, 0.4) is 0 Å². The molecule has 1 heterocycles. The summed E-state index contributed by atoms with van der Waals surface area (Å²) >= 11 is 3.35. The first kappa shape index (κ1) is 19.8. The average Bonchev–Trinajstić information content (AvgIpc) is 3.12. The summed E-state index contributed by atoms with van der Waals surface area (Å²) in [5.74, 6) is 0.510. The van der Waals surface area contributed by atoms with Crippen molar-refractivity contribution in [2.75, 3.05) is 10.6 Å². The van der Waals surface area contributed by atoms with Gasteiger partial charge < -0.3 is 10.6 Å². The molecule has 0 saturated heterocycles. The molecule has 0 radical (unpaired) electrons. The van der Waals surface area contributed by atoms with Gasteiger partial charge in [-0.1, -0.05) is 41.9 Å². The fourth-order valence-electron chi connectivity index (χ4n) is 2.58. The van der Waals surface area contributed by atoms with Gasteiger partial charge in [-0.05, 0) is 47.9 Å². The molecule has 0 aliphatic rings. The summed E-state index contributed by atoms with van der Waals surface area (Å²) < 4.78 is 0.918. The van der Waals surface area contributed by atoms with Gasteiger partial charge in [-0.2, -0.15) is 5.10 Å². The summed E-state index contributed by atoms with van der Waals surface area (Å²) in [6.07, 6.45) is 0.227. The zero-order valence-electron chi connectivity index (χ0n) is 15.6. The number of nitrogens with one attached hydrogen (secondary N) is 3. The summed E-state index contributed by atoms with van der Waals surface area (Å²) in [5, 5.41) is 12.6. The Kier molecular flexibility index (Phi) is 6.26. The predicted octanol–water partition coefficient (Wildman–Crippen LogP) is 4.73. The van der Waals surface area contributed by atoms with Gasteiger partial charge in [0.2, 0.25) is 5.91 Å². The Morgan fingerprint density at radius 3 is 2.32 bits per heavy atom. The van der Waals surface area contributed by atoms with Crippen LogP contribution < -0.4 is 10.6 Å². The number of amides is 2. The van der Waals surface area contributed by atoms with Crippen LogP contribution in [0.1, 0.15) is 41.4 Å². The highest BCUT2D eigenvalue weighted by Crippen LogP contribution is 2.16. The van der Waals surface area contributed by atoms with Gasteiger partial charge in [0, 0.05) is 27.5 Å². The first-order chi connectivity index (χ1) is 13.4. The Labute approximate surface area is 171 Å². The number of rotatable bonds is 6. The van der Waals surface area contributed by atoms with E-state index in [1.807, 2.05) is 30.3 Å². The van der Waals surface area contributed by atoms with E-state index >= 15 is 0 Å². The lowest BCUT2D eigenvalue weighted by molar-refractivity contribution is -0.115. The number of benzene rings is 2. The molecule has 2 aromatic carbocycles. The van der Waals surface area contributed by atoms with Crippen molar-refractivity contribution in [1.82, 2.24) is 10.2 Å². The van der Waals surface area contributed by atoms with E-state index in [9.17, 15) is 9.59 Å². The molecule has 0 spiro atoms. The van der Waals surface area contributed by atoms with E-state index in [4.69, 9.17) is 0 Å². The third-order valence-electron chi connectivity index (χ3n) is 4.17. The number of nitrogens with zero attached hydrogens (tertiary/aromatic N) is 1. The number of hydrogen-bond acceptors (Lipinski definition) is 3. The van der Waals surface area contributed by atoms with Crippen LogP contribution in [0.25, 0.3) is 0 Å². The van der Waals surface area contributed by atoms with E-state index in [-0.39, 0.29) is 18.2 Å². The SMILES string of the molecule is CC(C)c1cc(NC(=O)Cc2ccc(NC(=O)c3ccc(Br)cc3)cc2)n[nH]1. The van der Waals surface area contributed by atoms with Crippen LogP contribution in [0.2, 0.25) is 0 Å². The van der Waals surface area contributed by atoms with E-state index in [0.29, 0.717) is 23.0 Å². The number of carbonyl (C=O) groups is 2. The fraction of sp³-hybridized carbons (Fsp3) is 0.190. The molecule has 144 valence electrons. The van der Waals surface area contributed by atoms with E-state index in [1.54, 1.807) is 24.3 Å². The normalized spacial score (nSPS) is 10.7. The molecule has 0 aliphatic heterocycles. The summed E-state index contributed by atoms with van der Waals surface area (Å²) in [4.78, 5) is 24.4. The topological polar surface area (TPSA) is 86.9 Å². The zero-order valence-corrected chi connectivity index (χ0v) is 17.2. The van der Waals surface area contributed by atoms with Crippen LogP contribution in [0.4, 0.5) is 11.5 Å². The Morgan fingerprint density at radius 1 is 1.04 bits per heavy atom. The standard InChI is InChI=1S/C21H21BrN4O2/c1-13(2)18-12-19(26-25-18)24-20(27)11-14-3-9-17(10-4-14)23-21(28)15-5-7-16(22)8-6-15/h3-10,12-13H,11H2,1-2H3,(H,23,28)(H2,24,25,26,27). The van der Waals surface area contributed by atoms with Crippen LogP contribution in [-0.2, 0) is 11.2 Å². The summed E-state index contributed by atoms with van der Waals surface area (Å²) in [6, 6.07) is 16.2. The van der Waals surface area contributed by atoms with Crippen LogP contribution >= 0.6 is 15.9 Å². The number of aromatic nitrogens is 2. The van der Waals surface area contributed by atoms with Crippen molar-refractivity contribution in [2.45, 2.75) is 26.2 Å². The Balaban J connectivity index is 1.55. The molecule has 0 bridgehead atoms. The maximum absolute atomic E-state index is 12.2. The minimum absolute atomic E-state index is 0.145. The van der Waals surface area contributed by atoms with E-state index < -0.39 is 0 Å². The number of H-pyrrole nitrogens is 1. The van der Waals surface area contributed by atoms with Gasteiger partial charge >= 0.3 is 0 Å². The molecule has 1 aromatic heterocycles. The quantitative estimate of drug-likeness (QED) is 0.517. The van der Waals surface area contributed by atoms with Crippen LogP contribution in [-0.4, -0.2) is 22.0 Å². The number of aromatic amines is 1. The maximum atomic E-state index is 12.2. The lowest BCUT2D eigenvalue weighted by Crippen LogP contribution is -2.15. The molecule has 3 aromatic rings. The summed E-state index contributed by atoms with van der Waals surface area (Å²) in [5.41, 5.74) is 3.07. The van der Waals surface area contributed by atoms with Gasteiger partial charge in [-0.3, -0.25) is 14.7 Å². The summed E-state index contributed by atoms with van der Waals surface area (Å²) in [7, 11) is 0. The summed E-state index contributed by atoms with van der Waals surface area (Å²) in [6.45, 7) is 4.10. The van der Waals surface area contributed by atoms with Gasteiger partial charge in [0.15, 0.2) is 5.82 Å². The van der Waals surface area contributed by atoms with Crippen molar-refractivity contribution in [3.8, 4) is 0 Å². The largest absolute Gasteiger partial charge is 0.322 e. The molecule has 0 atom stereocenters. The maximum Gasteiger partial charge on any atom is 0.255 e. The van der Waals surface area contributed by atoms with Crippen molar-refractivity contribution in [3.63, 3.8) is 0 Å². The number of anilines is 2. The van der Waals surface area contributed by atoms with E-state index in [0.717, 1.165) is 15.7 Å². The third kappa shape index (κ3) is 5.29. The highest BCUT2D eigenvalue weighted by molar-refractivity contribution is 9.10. The molecule has 0 aliphatic carbocycles. The van der Waals surface area contributed by atoms with Crippen LogP contribution in [0, 0.1) is 0 Å². The smallest absolute Gasteiger partial charge is 0.255 e. The van der Waals surface area contributed by atoms with Gasteiger partial charge in [-0.15, -0.1) is 0 Å².